The van der Waals surface area contributed by atoms with Crippen molar-refractivity contribution >= 4 is 5.97 Å². The molecule has 0 aromatic carbocycles. The number of rotatable bonds is 5. The standard InChI is InChI=1S/C15H26O2.C14H23F3O.C14H26/c1-11-3-7-13(8-4-11)15(16)17-14-9-5-12(2)6-10-14;1-10-2-4-11(5-3-10)12-6-8-13(9-7-12)18-14(15,16)17;1-11-3-7-13(8-4-11)14-9-5-12(2)6-10-14/h11-14H,3-10H2,1-2H3;10-13H,2-9H2,1H3;11-14H,3-10H2,1-2H3. The van der Waals surface area contributed by atoms with E-state index in [2.05, 4.69) is 39.4 Å². The largest absolute Gasteiger partial charge is 0.522 e. The predicted molar refractivity (Wildman–Crippen MR) is 195 cm³/mol. The maximum Gasteiger partial charge on any atom is 0.522 e. The summed E-state index contributed by atoms with van der Waals surface area (Å²) in [5, 5.41) is 0. The molecule has 286 valence electrons. The fourth-order valence-corrected chi connectivity index (χ4v) is 10.2. The lowest BCUT2D eigenvalue weighted by Crippen LogP contribution is -2.31. The second-order valence-corrected chi connectivity index (χ2v) is 18.4. The van der Waals surface area contributed by atoms with Crippen molar-refractivity contribution in [1.82, 2.24) is 0 Å². The molecule has 0 bridgehead atoms. The Morgan fingerprint density at radius 1 is 0.408 bits per heavy atom. The summed E-state index contributed by atoms with van der Waals surface area (Å²) in [6.07, 6.45) is 24.6. The first kappa shape index (κ1) is 41.0. The lowest BCUT2D eigenvalue weighted by Gasteiger charge is -2.37. The molecule has 6 heteroatoms. The van der Waals surface area contributed by atoms with Gasteiger partial charge in [-0.2, -0.15) is 0 Å². The number of alkyl halides is 3. The summed E-state index contributed by atoms with van der Waals surface area (Å²) >= 11 is 0. The first-order valence-electron chi connectivity index (χ1n) is 21.3. The molecule has 6 fully saturated rings. The van der Waals surface area contributed by atoms with Crippen molar-refractivity contribution in [3.05, 3.63) is 0 Å². The predicted octanol–water partition coefficient (Wildman–Crippen LogP) is 13.5. The van der Waals surface area contributed by atoms with Gasteiger partial charge in [-0.3, -0.25) is 9.53 Å². The quantitative estimate of drug-likeness (QED) is 0.268. The van der Waals surface area contributed by atoms with E-state index in [9.17, 15) is 18.0 Å². The fraction of sp³-hybridized carbons (Fsp3) is 0.977. The van der Waals surface area contributed by atoms with Crippen LogP contribution in [0.1, 0.15) is 189 Å². The van der Waals surface area contributed by atoms with Crippen LogP contribution in [0.4, 0.5) is 13.2 Å². The molecule has 6 aliphatic rings. The molecule has 0 N–H and O–H groups in total. The van der Waals surface area contributed by atoms with Crippen LogP contribution < -0.4 is 0 Å². The Morgan fingerprint density at radius 2 is 0.673 bits per heavy atom. The third kappa shape index (κ3) is 15.0. The molecule has 0 aromatic heterocycles. The Bertz CT molecular complexity index is 870. The zero-order valence-electron chi connectivity index (χ0n) is 32.3. The first-order chi connectivity index (χ1) is 23.3. The van der Waals surface area contributed by atoms with Crippen molar-refractivity contribution < 1.29 is 27.4 Å². The van der Waals surface area contributed by atoms with E-state index < -0.39 is 12.5 Å². The van der Waals surface area contributed by atoms with Gasteiger partial charge in [-0.25, -0.2) is 0 Å². The Morgan fingerprint density at radius 3 is 1.00 bits per heavy atom. The van der Waals surface area contributed by atoms with Gasteiger partial charge in [-0.05, 0) is 169 Å². The third-order valence-corrected chi connectivity index (χ3v) is 14.1. The smallest absolute Gasteiger partial charge is 0.462 e. The van der Waals surface area contributed by atoms with Crippen LogP contribution in [0.3, 0.4) is 0 Å². The highest BCUT2D eigenvalue weighted by Crippen LogP contribution is 2.42. The molecule has 0 radical (unpaired) electrons. The zero-order chi connectivity index (χ0) is 35.4. The minimum atomic E-state index is -4.46. The van der Waals surface area contributed by atoms with Gasteiger partial charge in [0.05, 0.1) is 12.0 Å². The molecular weight excluding hydrogens is 621 g/mol. The van der Waals surface area contributed by atoms with Gasteiger partial charge in [0.15, 0.2) is 0 Å². The van der Waals surface area contributed by atoms with Gasteiger partial charge in [-0.15, -0.1) is 13.2 Å². The number of hydrogen-bond donors (Lipinski definition) is 0. The average molecular weight is 697 g/mol. The van der Waals surface area contributed by atoms with E-state index >= 15 is 0 Å². The minimum absolute atomic E-state index is 0.0939. The van der Waals surface area contributed by atoms with Crippen molar-refractivity contribution in [2.45, 2.75) is 207 Å². The molecule has 0 spiro atoms. The Balaban J connectivity index is 0.000000167. The minimum Gasteiger partial charge on any atom is -0.462 e. The van der Waals surface area contributed by atoms with Gasteiger partial charge in [0.25, 0.3) is 0 Å². The number of carbonyl (C=O) groups is 1. The molecule has 0 heterocycles. The monoisotopic (exact) mass is 697 g/mol. The maximum atomic E-state index is 12.1. The molecule has 0 amide bonds. The summed E-state index contributed by atoms with van der Waals surface area (Å²) in [5.41, 5.74) is 0. The van der Waals surface area contributed by atoms with Gasteiger partial charge in [0.1, 0.15) is 6.10 Å². The van der Waals surface area contributed by atoms with E-state index in [4.69, 9.17) is 4.74 Å². The van der Waals surface area contributed by atoms with Crippen LogP contribution in [-0.2, 0) is 14.3 Å². The summed E-state index contributed by atoms with van der Waals surface area (Å²) in [6, 6.07) is 0. The van der Waals surface area contributed by atoms with E-state index in [0.29, 0.717) is 18.8 Å². The average Bonchev–Trinajstić information content (AvgIpc) is 3.08. The normalized spacial score (nSPS) is 40.5. The van der Waals surface area contributed by atoms with Gasteiger partial charge < -0.3 is 4.74 Å². The lowest BCUT2D eigenvalue weighted by molar-refractivity contribution is -0.346. The highest BCUT2D eigenvalue weighted by atomic mass is 19.4. The SMILES string of the molecule is CC1CCC(C2CCC(C)CC2)CC1.CC1CCC(C2CCC(OC(F)(F)F)CC2)CC1.CC1CCC(OC(=O)C2CCC(C)CC2)CC1. The second kappa shape index (κ2) is 20.5. The molecule has 6 rings (SSSR count). The third-order valence-electron chi connectivity index (χ3n) is 14.1. The topological polar surface area (TPSA) is 35.5 Å². The van der Waals surface area contributed by atoms with Crippen LogP contribution in [0.15, 0.2) is 0 Å². The number of carbonyl (C=O) groups excluding carboxylic acids is 1. The highest BCUT2D eigenvalue weighted by molar-refractivity contribution is 5.72. The summed E-state index contributed by atoms with van der Waals surface area (Å²) in [4.78, 5) is 12.0. The van der Waals surface area contributed by atoms with Gasteiger partial charge in [0, 0.05) is 0 Å². The molecule has 49 heavy (non-hydrogen) atoms. The molecule has 3 nitrogen and oxygen atoms in total. The molecular formula is C43H75F3O3. The molecule has 0 saturated heterocycles. The molecule has 6 aliphatic carbocycles. The highest BCUT2D eigenvalue weighted by Gasteiger charge is 2.37. The summed E-state index contributed by atoms with van der Waals surface area (Å²) in [6.45, 7) is 11.7. The van der Waals surface area contributed by atoms with Crippen molar-refractivity contribution in [2.24, 2.45) is 59.2 Å². The van der Waals surface area contributed by atoms with Crippen LogP contribution in [-0.4, -0.2) is 24.5 Å². The summed E-state index contributed by atoms with van der Waals surface area (Å²) in [5.74, 6) is 8.42. The van der Waals surface area contributed by atoms with Crippen molar-refractivity contribution in [3.8, 4) is 0 Å². The number of ether oxygens (including phenoxy) is 2. The lowest BCUT2D eigenvalue weighted by atomic mass is 9.70. The summed E-state index contributed by atoms with van der Waals surface area (Å²) in [7, 11) is 0. The summed E-state index contributed by atoms with van der Waals surface area (Å²) < 4.78 is 46.1. The molecule has 6 saturated carbocycles. The van der Waals surface area contributed by atoms with Crippen LogP contribution >= 0.6 is 0 Å². The van der Waals surface area contributed by atoms with Crippen LogP contribution in [0.2, 0.25) is 0 Å². The van der Waals surface area contributed by atoms with E-state index in [-0.39, 0.29) is 18.0 Å². The van der Waals surface area contributed by atoms with Crippen LogP contribution in [0.25, 0.3) is 0 Å². The van der Waals surface area contributed by atoms with E-state index in [1.807, 2.05) is 0 Å². The molecule has 0 atom stereocenters. The Labute approximate surface area is 299 Å². The molecule has 0 unspecified atom stereocenters. The van der Waals surface area contributed by atoms with Crippen molar-refractivity contribution in [1.29, 1.82) is 0 Å². The van der Waals surface area contributed by atoms with Gasteiger partial charge in [-0.1, -0.05) is 73.1 Å². The molecule has 0 aromatic rings. The maximum absolute atomic E-state index is 12.1. The molecule has 0 aliphatic heterocycles. The van der Waals surface area contributed by atoms with Crippen LogP contribution in [0.5, 0.6) is 0 Å². The van der Waals surface area contributed by atoms with Gasteiger partial charge >= 0.3 is 12.3 Å². The van der Waals surface area contributed by atoms with Crippen LogP contribution in [0, 0.1) is 59.2 Å². The second-order valence-electron chi connectivity index (χ2n) is 18.4. The Hall–Kier alpha value is -0.780. The Kier molecular flexibility index (Phi) is 17.1. The van der Waals surface area contributed by atoms with Crippen molar-refractivity contribution in [2.75, 3.05) is 0 Å². The van der Waals surface area contributed by atoms with E-state index in [1.165, 1.54) is 77.0 Å². The number of halogens is 3. The van der Waals surface area contributed by atoms with Gasteiger partial charge in [0.2, 0.25) is 0 Å². The zero-order valence-corrected chi connectivity index (χ0v) is 32.3. The fourth-order valence-electron chi connectivity index (χ4n) is 10.2. The number of esters is 1. The first-order valence-corrected chi connectivity index (χ1v) is 21.3. The number of hydrogen-bond acceptors (Lipinski definition) is 3. The van der Waals surface area contributed by atoms with E-state index in [1.54, 1.807) is 25.7 Å². The van der Waals surface area contributed by atoms with Crippen molar-refractivity contribution in [3.63, 3.8) is 0 Å². The van der Waals surface area contributed by atoms with E-state index in [0.717, 1.165) is 85.9 Å².